The third-order valence-corrected chi connectivity index (χ3v) is 12.3. The summed E-state index contributed by atoms with van der Waals surface area (Å²) in [7, 11) is -22.7. The molecule has 0 saturated carbocycles. The van der Waals surface area contributed by atoms with Crippen LogP contribution in [0.2, 0.25) is 0 Å². The van der Waals surface area contributed by atoms with E-state index in [4.69, 9.17) is 0 Å². The minimum absolute atomic E-state index is 0.177. The highest BCUT2D eigenvalue weighted by molar-refractivity contribution is 7.79. The highest BCUT2D eigenvalue weighted by Crippen LogP contribution is 2.82. The summed E-state index contributed by atoms with van der Waals surface area (Å²) in [5.41, 5.74) is 0. The first kappa shape index (κ1) is 25.4. The smallest absolute Gasteiger partial charge is 0.232 e. The van der Waals surface area contributed by atoms with Gasteiger partial charge in [-0.15, -0.1) is 60.5 Å². The Morgan fingerprint density at radius 3 is 1.14 bits per heavy atom. The molecule has 0 bridgehead atoms. The van der Waals surface area contributed by atoms with Crippen molar-refractivity contribution < 1.29 is 25.2 Å². The van der Waals surface area contributed by atoms with E-state index in [1.807, 2.05) is 0 Å². The van der Waals surface area contributed by atoms with Gasteiger partial charge in [-0.25, -0.2) is 9.34 Å². The van der Waals surface area contributed by atoms with E-state index in [2.05, 4.69) is 44.4 Å². The van der Waals surface area contributed by atoms with Gasteiger partial charge < -0.3 is 0 Å². The van der Waals surface area contributed by atoms with E-state index in [0.29, 0.717) is 0 Å². The Labute approximate surface area is 161 Å². The molecule has 1 rings (SSSR count). The Bertz CT molecular complexity index is 803. The molecule has 6 nitrogen and oxygen atoms in total. The fourth-order valence-corrected chi connectivity index (χ4v) is 12.0. The number of halogens is 6. The minimum atomic E-state index is -6.27. The molecule has 0 aliphatic carbocycles. The van der Waals surface area contributed by atoms with Crippen LogP contribution in [0.1, 0.15) is 0 Å². The molecule has 28 heavy (non-hydrogen) atoms. The molecule has 1 aliphatic heterocycles. The normalized spacial score (nSPS) is 21.7. The molecule has 0 aromatic rings. The van der Waals surface area contributed by atoms with Crippen LogP contribution < -0.4 is 0 Å². The van der Waals surface area contributed by atoms with Gasteiger partial charge in [0.1, 0.15) is 0 Å². The Kier molecular flexibility index (Phi) is 9.01. The van der Waals surface area contributed by atoms with Gasteiger partial charge >= 0.3 is 23.5 Å². The van der Waals surface area contributed by atoms with Gasteiger partial charge in [0, 0.05) is 26.2 Å². The van der Waals surface area contributed by atoms with Crippen LogP contribution in [0.4, 0.5) is 25.2 Å². The lowest BCUT2D eigenvalue weighted by Gasteiger charge is -2.39. The molecule has 0 aromatic heterocycles. The van der Waals surface area contributed by atoms with Gasteiger partial charge in [-0.1, -0.05) is 24.3 Å². The van der Waals surface area contributed by atoms with Crippen LogP contribution in [0.15, 0.2) is 68.7 Å². The second kappa shape index (κ2) is 9.92. The Balaban J connectivity index is 4.11. The standard InChI is InChI=1S/C12H20F6N6P4/c1-5-9-23(10-6-2)28(24(11-7-3)12-8-4)21-26(15,16)19-25(13,14)20-27(17,18)22-28/h5-8H,1-4,9-12H2. The second-order valence-electron chi connectivity index (χ2n) is 5.16. The lowest BCUT2D eigenvalue weighted by molar-refractivity contribution is 0.458. The van der Waals surface area contributed by atoms with E-state index in [-0.39, 0.29) is 26.2 Å². The molecular formula is C12H20F6N6P4. The zero-order chi connectivity index (χ0) is 21.6. The lowest BCUT2D eigenvalue weighted by Crippen LogP contribution is -2.32. The molecule has 16 heteroatoms. The molecule has 0 unspecified atom stereocenters. The minimum Gasteiger partial charge on any atom is -0.232 e. The first-order valence-corrected chi connectivity index (χ1v) is 13.6. The maximum atomic E-state index is 14.4. The summed E-state index contributed by atoms with van der Waals surface area (Å²) in [4.78, 5) is 0. The molecule has 0 atom stereocenters. The van der Waals surface area contributed by atoms with Crippen LogP contribution in [0, 0.1) is 0 Å². The van der Waals surface area contributed by atoms with Crippen molar-refractivity contribution in [3.63, 3.8) is 0 Å². The fourth-order valence-electron chi connectivity index (χ4n) is 2.21. The van der Waals surface area contributed by atoms with Crippen molar-refractivity contribution in [2.75, 3.05) is 26.2 Å². The monoisotopic (exact) mass is 486 g/mol. The van der Waals surface area contributed by atoms with E-state index < -0.39 is 31.0 Å². The first-order chi connectivity index (χ1) is 12.9. The van der Waals surface area contributed by atoms with Crippen molar-refractivity contribution in [3.05, 3.63) is 50.6 Å². The van der Waals surface area contributed by atoms with E-state index in [0.717, 1.165) is 9.34 Å². The van der Waals surface area contributed by atoms with Crippen molar-refractivity contribution in [1.29, 1.82) is 0 Å². The van der Waals surface area contributed by atoms with Gasteiger partial charge in [-0.3, -0.25) is 0 Å². The molecule has 0 aromatic carbocycles. The van der Waals surface area contributed by atoms with Gasteiger partial charge in [-0.2, -0.15) is 9.03 Å². The molecule has 1 heterocycles. The van der Waals surface area contributed by atoms with Gasteiger partial charge in [0.15, 0.2) is 0 Å². The zero-order valence-electron chi connectivity index (χ0n) is 14.7. The molecule has 0 radical (unpaired) electrons. The van der Waals surface area contributed by atoms with Crippen LogP contribution >= 0.6 is 31.0 Å². The van der Waals surface area contributed by atoms with E-state index in [1.54, 1.807) is 0 Å². The average Bonchev–Trinajstić information content (AvgIpc) is 2.49. The van der Waals surface area contributed by atoms with Crippen molar-refractivity contribution in [1.82, 2.24) is 9.34 Å². The lowest BCUT2D eigenvalue weighted by atomic mass is 10.5. The molecule has 160 valence electrons. The van der Waals surface area contributed by atoms with Gasteiger partial charge in [0.2, 0.25) is 7.51 Å². The summed E-state index contributed by atoms with van der Waals surface area (Å²) in [5, 5.41) is 0. The van der Waals surface area contributed by atoms with E-state index in [9.17, 15) is 25.2 Å². The Morgan fingerprint density at radius 2 is 0.821 bits per heavy atom. The number of hydrogen-bond donors (Lipinski definition) is 0. The summed E-state index contributed by atoms with van der Waals surface area (Å²) < 4.78 is 97.6. The summed E-state index contributed by atoms with van der Waals surface area (Å²) in [5.74, 6) is 0. The van der Waals surface area contributed by atoms with Crippen LogP contribution in [0.25, 0.3) is 0 Å². The van der Waals surface area contributed by atoms with Crippen molar-refractivity contribution in [2.45, 2.75) is 0 Å². The summed E-state index contributed by atoms with van der Waals surface area (Å²) in [6.07, 6.45) is 5.10. The van der Waals surface area contributed by atoms with Crippen molar-refractivity contribution >= 4 is 31.0 Å². The number of hydrogen-bond acceptors (Lipinski definition) is 6. The van der Waals surface area contributed by atoms with Gasteiger partial charge in [-0.05, 0) is 0 Å². The molecule has 1 aliphatic rings. The fraction of sp³-hybridized carbons (Fsp3) is 0.333. The van der Waals surface area contributed by atoms with Crippen molar-refractivity contribution in [3.8, 4) is 0 Å². The molecule has 0 N–H and O–H groups in total. The maximum Gasteiger partial charge on any atom is 0.425 e. The van der Waals surface area contributed by atoms with E-state index in [1.165, 1.54) is 24.3 Å². The van der Waals surface area contributed by atoms with Crippen LogP contribution in [0.5, 0.6) is 0 Å². The SMILES string of the molecule is C=CCN(CC=C)P1(N(CC=C)CC=C)=NP(F)(F)=NP(F)(F)=NP(F)(F)=N1. The highest BCUT2D eigenvalue weighted by atomic mass is 31.3. The molecule has 0 spiro atoms. The Morgan fingerprint density at radius 1 is 0.536 bits per heavy atom. The summed E-state index contributed by atoms with van der Waals surface area (Å²) in [6.45, 7) is 13.2. The Hall–Kier alpha value is -0.620. The number of rotatable bonds is 10. The molecule has 0 amide bonds. The molecule has 0 fully saturated rings. The van der Waals surface area contributed by atoms with Crippen LogP contribution in [0.3, 0.4) is 0 Å². The highest BCUT2D eigenvalue weighted by Gasteiger charge is 2.44. The topological polar surface area (TPSA) is 55.9 Å². The first-order valence-electron chi connectivity index (χ1n) is 7.55. The summed E-state index contributed by atoms with van der Waals surface area (Å²) >= 11 is 0. The third-order valence-electron chi connectivity index (χ3n) is 3.00. The van der Waals surface area contributed by atoms with Crippen molar-refractivity contribution in [2.24, 2.45) is 18.1 Å². The van der Waals surface area contributed by atoms with Gasteiger partial charge in [0.25, 0.3) is 0 Å². The maximum absolute atomic E-state index is 14.4. The molecule has 0 saturated heterocycles. The van der Waals surface area contributed by atoms with Crippen LogP contribution in [-0.2, 0) is 0 Å². The van der Waals surface area contributed by atoms with Crippen LogP contribution in [-0.4, -0.2) is 35.5 Å². The second-order valence-corrected chi connectivity index (χ2v) is 13.0. The van der Waals surface area contributed by atoms with Gasteiger partial charge in [0.05, 0.1) is 0 Å². The third kappa shape index (κ3) is 6.72. The summed E-state index contributed by atoms with van der Waals surface area (Å²) in [6, 6.07) is 0. The number of nitrogens with zero attached hydrogens (tertiary/aromatic N) is 6. The molecular weight excluding hydrogens is 466 g/mol. The zero-order valence-corrected chi connectivity index (χ0v) is 18.3. The predicted octanol–water partition coefficient (Wildman–Crippen LogP) is 8.95. The average molecular weight is 486 g/mol. The van der Waals surface area contributed by atoms with E-state index >= 15 is 0 Å². The quantitative estimate of drug-likeness (QED) is 0.176. The predicted molar refractivity (Wildman–Crippen MR) is 108 cm³/mol. The largest absolute Gasteiger partial charge is 0.425 e.